The Labute approximate surface area is 114 Å². The van der Waals surface area contributed by atoms with Gasteiger partial charge in [-0.25, -0.2) is 0 Å². The Bertz CT molecular complexity index is 652. The van der Waals surface area contributed by atoms with Crippen LogP contribution < -0.4 is 0 Å². The van der Waals surface area contributed by atoms with E-state index >= 15 is 0 Å². The van der Waals surface area contributed by atoms with E-state index in [1.165, 1.54) is 29.3 Å². The van der Waals surface area contributed by atoms with Crippen LogP contribution in [0, 0.1) is 0 Å². The zero-order valence-electron chi connectivity index (χ0n) is 11.3. The van der Waals surface area contributed by atoms with Crippen molar-refractivity contribution in [3.05, 3.63) is 72.4 Å². The van der Waals surface area contributed by atoms with Crippen LogP contribution in [0.3, 0.4) is 0 Å². The quantitative estimate of drug-likeness (QED) is 0.611. The van der Waals surface area contributed by atoms with Crippen LogP contribution in [0.5, 0.6) is 0 Å². The van der Waals surface area contributed by atoms with Crippen LogP contribution in [0.1, 0.15) is 31.4 Å². The molecule has 0 fully saturated rings. The van der Waals surface area contributed by atoms with Gasteiger partial charge in [0.05, 0.1) is 6.04 Å². The second-order valence-corrected chi connectivity index (χ2v) is 5.00. The summed E-state index contributed by atoms with van der Waals surface area (Å²) in [5.41, 5.74) is 2.72. The van der Waals surface area contributed by atoms with Gasteiger partial charge in [0.1, 0.15) is 0 Å². The number of nitrogens with zero attached hydrogens (tertiary/aromatic N) is 1. The predicted octanol–water partition coefficient (Wildman–Crippen LogP) is 5.03. The fourth-order valence-electron chi connectivity index (χ4n) is 2.79. The lowest BCUT2D eigenvalue weighted by Gasteiger charge is -2.20. The lowest BCUT2D eigenvalue weighted by molar-refractivity contribution is 0.548. The first-order valence-electron chi connectivity index (χ1n) is 7.00. The Morgan fingerprint density at radius 1 is 0.895 bits per heavy atom. The number of rotatable bonds is 4. The highest BCUT2D eigenvalue weighted by Crippen LogP contribution is 2.28. The number of para-hydroxylation sites is 1. The topological polar surface area (TPSA) is 4.93 Å². The van der Waals surface area contributed by atoms with E-state index in [1.54, 1.807) is 0 Å². The molecule has 0 spiro atoms. The Morgan fingerprint density at radius 2 is 1.63 bits per heavy atom. The summed E-state index contributed by atoms with van der Waals surface area (Å²) >= 11 is 0. The van der Waals surface area contributed by atoms with Crippen molar-refractivity contribution in [1.82, 2.24) is 4.57 Å². The van der Waals surface area contributed by atoms with Gasteiger partial charge >= 0.3 is 0 Å². The summed E-state index contributed by atoms with van der Waals surface area (Å²) in [6.07, 6.45) is 4.58. The fourth-order valence-corrected chi connectivity index (χ4v) is 2.79. The van der Waals surface area contributed by atoms with Crippen molar-refractivity contribution in [3.63, 3.8) is 0 Å². The molecule has 2 aromatic carbocycles. The van der Waals surface area contributed by atoms with Crippen molar-refractivity contribution in [2.75, 3.05) is 0 Å². The highest BCUT2D eigenvalue weighted by atomic mass is 15.0. The highest BCUT2D eigenvalue weighted by molar-refractivity contribution is 5.80. The largest absolute Gasteiger partial charge is 0.340 e. The van der Waals surface area contributed by atoms with Gasteiger partial charge in [0.25, 0.3) is 0 Å². The van der Waals surface area contributed by atoms with Crippen LogP contribution in [-0.2, 0) is 0 Å². The van der Waals surface area contributed by atoms with Crippen molar-refractivity contribution < 1.29 is 0 Å². The second-order valence-electron chi connectivity index (χ2n) is 5.00. The summed E-state index contributed by atoms with van der Waals surface area (Å²) in [5.74, 6) is 0. The van der Waals surface area contributed by atoms with Gasteiger partial charge in [0.15, 0.2) is 0 Å². The summed E-state index contributed by atoms with van der Waals surface area (Å²) in [4.78, 5) is 0. The molecule has 1 heterocycles. The standard InChI is InChI=1S/C18H19N/c1-2-8-17(15-9-4-3-5-10-15)19-14-13-16-11-6-7-12-18(16)19/h3-7,9-14,17H,2,8H2,1H3. The lowest BCUT2D eigenvalue weighted by atomic mass is 10.0. The van der Waals surface area contributed by atoms with Gasteiger partial charge < -0.3 is 4.57 Å². The molecule has 0 saturated heterocycles. The minimum atomic E-state index is 0.436. The predicted molar refractivity (Wildman–Crippen MR) is 81.4 cm³/mol. The molecule has 0 N–H and O–H groups in total. The van der Waals surface area contributed by atoms with E-state index in [2.05, 4.69) is 78.4 Å². The van der Waals surface area contributed by atoms with Crippen molar-refractivity contribution >= 4 is 10.9 Å². The van der Waals surface area contributed by atoms with Crippen LogP contribution in [0.2, 0.25) is 0 Å². The summed E-state index contributed by atoms with van der Waals surface area (Å²) in [7, 11) is 0. The molecule has 0 aliphatic rings. The molecule has 1 unspecified atom stereocenters. The number of benzene rings is 2. The van der Waals surface area contributed by atoms with E-state index in [1.807, 2.05) is 0 Å². The third-order valence-electron chi connectivity index (χ3n) is 3.71. The van der Waals surface area contributed by atoms with Crippen molar-refractivity contribution in [2.45, 2.75) is 25.8 Å². The maximum Gasteiger partial charge on any atom is 0.0585 e. The fraction of sp³-hybridized carbons (Fsp3) is 0.222. The van der Waals surface area contributed by atoms with Gasteiger partial charge in [-0.2, -0.15) is 0 Å². The normalized spacial score (nSPS) is 12.7. The molecule has 0 radical (unpaired) electrons. The third kappa shape index (κ3) is 2.28. The van der Waals surface area contributed by atoms with Crippen LogP contribution in [0.4, 0.5) is 0 Å². The molecule has 3 aromatic rings. The van der Waals surface area contributed by atoms with Gasteiger partial charge in [-0.05, 0) is 29.5 Å². The minimum Gasteiger partial charge on any atom is -0.340 e. The molecule has 1 aromatic heterocycles. The van der Waals surface area contributed by atoms with E-state index in [4.69, 9.17) is 0 Å². The number of hydrogen-bond donors (Lipinski definition) is 0. The Morgan fingerprint density at radius 3 is 2.42 bits per heavy atom. The first kappa shape index (κ1) is 12.0. The molecule has 96 valence electrons. The summed E-state index contributed by atoms with van der Waals surface area (Å²) in [6.45, 7) is 2.25. The van der Waals surface area contributed by atoms with Gasteiger partial charge in [-0.3, -0.25) is 0 Å². The first-order chi connectivity index (χ1) is 9.40. The lowest BCUT2D eigenvalue weighted by Crippen LogP contribution is -2.09. The monoisotopic (exact) mass is 249 g/mol. The first-order valence-corrected chi connectivity index (χ1v) is 7.00. The van der Waals surface area contributed by atoms with E-state index in [0.717, 1.165) is 0 Å². The molecule has 0 amide bonds. The number of aromatic nitrogens is 1. The molecule has 19 heavy (non-hydrogen) atoms. The zero-order valence-corrected chi connectivity index (χ0v) is 11.3. The maximum absolute atomic E-state index is 2.41. The van der Waals surface area contributed by atoms with E-state index in [0.29, 0.717) is 6.04 Å². The number of fused-ring (bicyclic) bond motifs is 1. The van der Waals surface area contributed by atoms with Gasteiger partial charge in [0.2, 0.25) is 0 Å². The average molecular weight is 249 g/mol. The molecule has 0 saturated carbocycles. The van der Waals surface area contributed by atoms with E-state index in [9.17, 15) is 0 Å². The molecule has 0 aliphatic heterocycles. The summed E-state index contributed by atoms with van der Waals surface area (Å²) in [5, 5.41) is 1.32. The third-order valence-corrected chi connectivity index (χ3v) is 3.71. The Kier molecular flexibility index (Phi) is 3.37. The van der Waals surface area contributed by atoms with E-state index < -0.39 is 0 Å². The van der Waals surface area contributed by atoms with Crippen molar-refractivity contribution in [1.29, 1.82) is 0 Å². The SMILES string of the molecule is CCCC(c1ccccc1)n1ccc2ccccc21. The summed E-state index contributed by atoms with van der Waals surface area (Å²) in [6, 6.07) is 22.1. The van der Waals surface area contributed by atoms with Gasteiger partial charge in [-0.15, -0.1) is 0 Å². The van der Waals surface area contributed by atoms with Crippen LogP contribution in [0.25, 0.3) is 10.9 Å². The molecule has 1 atom stereocenters. The molecule has 0 bridgehead atoms. The smallest absolute Gasteiger partial charge is 0.0585 e. The number of hydrogen-bond acceptors (Lipinski definition) is 0. The molecule has 1 nitrogen and oxygen atoms in total. The van der Waals surface area contributed by atoms with Crippen molar-refractivity contribution in [2.24, 2.45) is 0 Å². The molecule has 0 aliphatic carbocycles. The molecule has 3 rings (SSSR count). The molecule has 1 heteroatoms. The van der Waals surface area contributed by atoms with Gasteiger partial charge in [0, 0.05) is 11.7 Å². The van der Waals surface area contributed by atoms with Crippen LogP contribution >= 0.6 is 0 Å². The molecular formula is C18H19N. The maximum atomic E-state index is 2.41. The average Bonchev–Trinajstić information content (AvgIpc) is 2.89. The summed E-state index contributed by atoms with van der Waals surface area (Å²) < 4.78 is 2.41. The van der Waals surface area contributed by atoms with Crippen LogP contribution in [-0.4, -0.2) is 4.57 Å². The Hall–Kier alpha value is -2.02. The Balaban J connectivity index is 2.10. The zero-order chi connectivity index (χ0) is 13.1. The minimum absolute atomic E-state index is 0.436. The second kappa shape index (κ2) is 5.31. The van der Waals surface area contributed by atoms with Crippen molar-refractivity contribution in [3.8, 4) is 0 Å². The van der Waals surface area contributed by atoms with Crippen LogP contribution in [0.15, 0.2) is 66.9 Å². The van der Waals surface area contributed by atoms with E-state index in [-0.39, 0.29) is 0 Å². The highest BCUT2D eigenvalue weighted by Gasteiger charge is 2.13. The van der Waals surface area contributed by atoms with Gasteiger partial charge in [-0.1, -0.05) is 61.9 Å². The molecular weight excluding hydrogens is 230 g/mol.